The molecular formula is C22H25FN4O5S. The minimum absolute atomic E-state index is 0.143. The largest absolute Gasteiger partial charge is 0.478 e. The Morgan fingerprint density at radius 2 is 1.91 bits per heavy atom. The molecule has 0 radical (unpaired) electrons. The van der Waals surface area contributed by atoms with Gasteiger partial charge in [0.05, 0.1) is 18.5 Å². The van der Waals surface area contributed by atoms with E-state index in [-0.39, 0.29) is 11.7 Å². The van der Waals surface area contributed by atoms with Crippen molar-refractivity contribution in [3.05, 3.63) is 71.7 Å². The summed E-state index contributed by atoms with van der Waals surface area (Å²) in [6.07, 6.45) is 0.715. The molecule has 0 saturated carbocycles. The van der Waals surface area contributed by atoms with E-state index in [1.807, 2.05) is 43.3 Å². The van der Waals surface area contributed by atoms with Crippen molar-refractivity contribution in [3.63, 3.8) is 0 Å². The zero-order valence-corrected chi connectivity index (χ0v) is 19.0. The number of rotatable bonds is 4. The van der Waals surface area contributed by atoms with Crippen LogP contribution in [0.1, 0.15) is 24.1 Å². The van der Waals surface area contributed by atoms with Crippen LogP contribution in [-0.4, -0.2) is 55.0 Å². The Kier molecular flexibility index (Phi) is 7.92. The molecule has 0 spiro atoms. The molecule has 1 unspecified atom stereocenters. The topological polar surface area (TPSA) is 131 Å². The van der Waals surface area contributed by atoms with Crippen molar-refractivity contribution < 1.29 is 26.6 Å². The fourth-order valence-electron chi connectivity index (χ4n) is 3.13. The SMILES string of the molecule is CC(c1ccc(-c2ccccc2)c(F)c1)c1cc(N=C2CN(N)CCO2)on1.CS(=O)(=O)O. The molecule has 176 valence electrons. The molecule has 1 saturated heterocycles. The number of nitrogens with two attached hydrogens (primary N) is 1. The summed E-state index contributed by atoms with van der Waals surface area (Å²) in [6, 6.07) is 16.5. The molecule has 0 aliphatic carbocycles. The lowest BCUT2D eigenvalue weighted by molar-refractivity contribution is 0.167. The van der Waals surface area contributed by atoms with Gasteiger partial charge in [0.25, 0.3) is 16.0 Å². The smallest absolute Gasteiger partial charge is 0.261 e. The van der Waals surface area contributed by atoms with Gasteiger partial charge >= 0.3 is 0 Å². The number of halogens is 1. The highest BCUT2D eigenvalue weighted by Crippen LogP contribution is 2.30. The molecule has 1 aliphatic rings. The van der Waals surface area contributed by atoms with Gasteiger partial charge in [-0.25, -0.2) is 9.40 Å². The van der Waals surface area contributed by atoms with E-state index in [0.717, 1.165) is 11.1 Å². The maximum atomic E-state index is 14.7. The fraction of sp³-hybridized carbons (Fsp3) is 0.273. The van der Waals surface area contributed by atoms with Crippen LogP contribution in [-0.2, 0) is 14.9 Å². The van der Waals surface area contributed by atoms with Crippen LogP contribution in [0.4, 0.5) is 10.3 Å². The van der Waals surface area contributed by atoms with Crippen LogP contribution < -0.4 is 5.84 Å². The molecule has 9 nitrogen and oxygen atoms in total. The number of aliphatic imine (C=N–C) groups is 1. The summed E-state index contributed by atoms with van der Waals surface area (Å²) in [5.41, 5.74) is 2.91. The number of aromatic nitrogens is 1. The van der Waals surface area contributed by atoms with E-state index in [9.17, 15) is 12.8 Å². The number of benzene rings is 2. The first kappa shape index (κ1) is 24.5. The first-order chi connectivity index (χ1) is 15.6. The molecule has 33 heavy (non-hydrogen) atoms. The number of ether oxygens (including phenoxy) is 1. The summed E-state index contributed by atoms with van der Waals surface area (Å²) in [7, 11) is -3.67. The van der Waals surface area contributed by atoms with E-state index in [4.69, 9.17) is 19.7 Å². The molecule has 3 N–H and O–H groups in total. The standard InChI is InChI=1S/C21H21FN4O2.CH4O3S/c1-14(16-7-8-17(18(22)11-16)15-5-3-2-4-6-15)19-12-20(28-25-19)24-21-13-26(23)9-10-27-21;1-5(2,3)4/h2-8,11-12,14H,9-10,13,23H2,1H3;1H3,(H,2,3,4). The van der Waals surface area contributed by atoms with Crippen molar-refractivity contribution in [1.82, 2.24) is 10.2 Å². The summed E-state index contributed by atoms with van der Waals surface area (Å²) in [5.74, 6) is 6.19. The third kappa shape index (κ3) is 7.46. The van der Waals surface area contributed by atoms with Crippen LogP contribution in [0.3, 0.4) is 0 Å². The lowest BCUT2D eigenvalue weighted by Crippen LogP contribution is -2.44. The molecule has 0 bridgehead atoms. The Morgan fingerprint density at radius 1 is 1.21 bits per heavy atom. The van der Waals surface area contributed by atoms with Crippen LogP contribution in [0.15, 0.2) is 64.1 Å². The average Bonchev–Trinajstić information content (AvgIpc) is 3.21. The number of hydrogen-bond donors (Lipinski definition) is 2. The van der Waals surface area contributed by atoms with Gasteiger partial charge in [-0.3, -0.25) is 10.4 Å². The first-order valence-corrected chi connectivity index (χ1v) is 11.9. The molecule has 2 heterocycles. The predicted molar refractivity (Wildman–Crippen MR) is 122 cm³/mol. The molecule has 11 heteroatoms. The van der Waals surface area contributed by atoms with Gasteiger partial charge in [0.2, 0.25) is 5.90 Å². The Morgan fingerprint density at radius 3 is 2.55 bits per heavy atom. The molecule has 1 aromatic heterocycles. The van der Waals surface area contributed by atoms with E-state index >= 15 is 0 Å². The summed E-state index contributed by atoms with van der Waals surface area (Å²) < 4.78 is 51.3. The van der Waals surface area contributed by atoms with Crippen LogP contribution in [0, 0.1) is 5.82 Å². The summed E-state index contributed by atoms with van der Waals surface area (Å²) in [6.45, 7) is 3.50. The predicted octanol–water partition coefficient (Wildman–Crippen LogP) is 3.37. The van der Waals surface area contributed by atoms with Crippen LogP contribution >= 0.6 is 0 Å². The highest BCUT2D eigenvalue weighted by Gasteiger charge is 2.18. The maximum absolute atomic E-state index is 14.7. The lowest BCUT2D eigenvalue weighted by atomic mass is 9.95. The zero-order valence-electron chi connectivity index (χ0n) is 18.2. The number of hydrazine groups is 1. The van der Waals surface area contributed by atoms with E-state index < -0.39 is 10.1 Å². The van der Waals surface area contributed by atoms with Crippen molar-refractivity contribution in [2.75, 3.05) is 26.0 Å². The second-order valence-electron chi connectivity index (χ2n) is 7.47. The van der Waals surface area contributed by atoms with Gasteiger partial charge < -0.3 is 9.26 Å². The van der Waals surface area contributed by atoms with E-state index in [2.05, 4.69) is 10.1 Å². The van der Waals surface area contributed by atoms with Gasteiger partial charge in [-0.2, -0.15) is 13.4 Å². The molecular weight excluding hydrogens is 451 g/mol. The molecule has 2 aromatic carbocycles. The van der Waals surface area contributed by atoms with Gasteiger partial charge in [0.15, 0.2) is 0 Å². The number of nitrogens with zero attached hydrogens (tertiary/aromatic N) is 3. The maximum Gasteiger partial charge on any atom is 0.261 e. The normalized spacial score (nSPS) is 16.6. The van der Waals surface area contributed by atoms with Crippen LogP contribution in [0.2, 0.25) is 0 Å². The van der Waals surface area contributed by atoms with E-state index in [1.165, 1.54) is 0 Å². The second-order valence-corrected chi connectivity index (χ2v) is 8.94. The van der Waals surface area contributed by atoms with Crippen LogP contribution in [0.25, 0.3) is 11.1 Å². The van der Waals surface area contributed by atoms with Crippen molar-refractivity contribution >= 4 is 21.9 Å². The number of hydrogen-bond acceptors (Lipinski definition) is 8. The van der Waals surface area contributed by atoms with Gasteiger partial charge in [-0.05, 0) is 17.2 Å². The Labute approximate surface area is 191 Å². The Hall–Kier alpha value is -3.12. The second kappa shape index (κ2) is 10.7. The third-order valence-corrected chi connectivity index (χ3v) is 4.76. The molecule has 4 rings (SSSR count). The zero-order chi connectivity index (χ0) is 24.0. The lowest BCUT2D eigenvalue weighted by Gasteiger charge is -2.22. The first-order valence-electron chi connectivity index (χ1n) is 10.0. The molecule has 0 amide bonds. The summed E-state index contributed by atoms with van der Waals surface area (Å²) in [4.78, 5) is 4.31. The fourth-order valence-corrected chi connectivity index (χ4v) is 3.13. The van der Waals surface area contributed by atoms with Crippen LogP contribution in [0.5, 0.6) is 0 Å². The third-order valence-electron chi connectivity index (χ3n) is 4.76. The van der Waals surface area contributed by atoms with Gasteiger partial charge in [0.1, 0.15) is 12.4 Å². The molecule has 1 atom stereocenters. The van der Waals surface area contributed by atoms with Crippen molar-refractivity contribution in [2.45, 2.75) is 12.8 Å². The summed E-state index contributed by atoms with van der Waals surface area (Å²) in [5, 5.41) is 5.71. The van der Waals surface area contributed by atoms with Gasteiger partial charge in [0, 0.05) is 24.1 Å². The van der Waals surface area contributed by atoms with Gasteiger partial charge in [-0.1, -0.05) is 54.5 Å². The quantitative estimate of drug-likeness (QED) is 0.433. The monoisotopic (exact) mass is 476 g/mol. The minimum Gasteiger partial charge on any atom is -0.478 e. The summed E-state index contributed by atoms with van der Waals surface area (Å²) >= 11 is 0. The van der Waals surface area contributed by atoms with Crippen molar-refractivity contribution in [1.29, 1.82) is 0 Å². The number of morpholine rings is 1. The average molecular weight is 477 g/mol. The van der Waals surface area contributed by atoms with E-state index in [0.29, 0.717) is 49.0 Å². The minimum atomic E-state index is -3.67. The Bertz CT molecular complexity index is 1210. The molecule has 1 fully saturated rings. The van der Waals surface area contributed by atoms with Crippen molar-refractivity contribution in [2.24, 2.45) is 10.8 Å². The highest BCUT2D eigenvalue weighted by molar-refractivity contribution is 7.85. The Balaban J connectivity index is 0.000000555. The highest BCUT2D eigenvalue weighted by atomic mass is 32.2. The van der Waals surface area contributed by atoms with Gasteiger partial charge in [-0.15, -0.1) is 0 Å². The van der Waals surface area contributed by atoms with Crippen molar-refractivity contribution in [3.8, 4) is 11.1 Å². The van der Waals surface area contributed by atoms with E-state index in [1.54, 1.807) is 23.2 Å². The molecule has 1 aliphatic heterocycles. The molecule has 3 aromatic rings.